The summed E-state index contributed by atoms with van der Waals surface area (Å²) >= 11 is 6.25. The zero-order valence-corrected chi connectivity index (χ0v) is 19.2. The molecular formula is C26H17ClF3N3O3. The standard InChI is InChI=1S/C26H17ClF3N3O3/c27-17-4-9-23-32-24(21-8-7-19(36-21)15-2-1-3-16(12-15)26(28,29)30)25(33(23)14-17)31-18-5-6-20-22(13-18)35-11-10-34-20/h1-9,12-14,31H,10-11H2. The van der Waals surface area contributed by atoms with Crippen LogP contribution in [0.2, 0.25) is 5.02 Å². The Bertz CT molecular complexity index is 1590. The van der Waals surface area contributed by atoms with Crippen molar-refractivity contribution >= 4 is 28.8 Å². The van der Waals surface area contributed by atoms with Crippen LogP contribution in [-0.4, -0.2) is 22.6 Å². The molecule has 0 bridgehead atoms. The lowest BCUT2D eigenvalue weighted by molar-refractivity contribution is -0.137. The van der Waals surface area contributed by atoms with Crippen molar-refractivity contribution in [3.05, 3.63) is 83.5 Å². The fourth-order valence-electron chi connectivity index (χ4n) is 4.04. The van der Waals surface area contributed by atoms with Crippen molar-refractivity contribution in [2.75, 3.05) is 18.5 Å². The van der Waals surface area contributed by atoms with Crippen LogP contribution in [0, 0.1) is 0 Å². The highest BCUT2D eigenvalue weighted by atomic mass is 35.5. The first-order valence-corrected chi connectivity index (χ1v) is 11.3. The lowest BCUT2D eigenvalue weighted by Crippen LogP contribution is -2.15. The molecule has 1 N–H and O–H groups in total. The molecule has 4 heterocycles. The van der Waals surface area contributed by atoms with Crippen LogP contribution in [0.1, 0.15) is 5.56 Å². The second-order valence-corrected chi connectivity index (χ2v) is 8.55. The number of furan rings is 1. The summed E-state index contributed by atoms with van der Waals surface area (Å²) in [5.74, 6) is 2.50. The molecule has 0 saturated heterocycles. The minimum absolute atomic E-state index is 0.288. The molecule has 10 heteroatoms. The van der Waals surface area contributed by atoms with Gasteiger partial charge in [0.2, 0.25) is 0 Å². The van der Waals surface area contributed by atoms with Crippen molar-refractivity contribution in [3.8, 4) is 34.3 Å². The van der Waals surface area contributed by atoms with Gasteiger partial charge in [-0.1, -0.05) is 23.7 Å². The third-order valence-corrected chi connectivity index (χ3v) is 5.92. The first-order chi connectivity index (χ1) is 17.3. The van der Waals surface area contributed by atoms with Crippen molar-refractivity contribution in [2.24, 2.45) is 0 Å². The molecule has 5 aromatic rings. The Morgan fingerprint density at radius 3 is 2.53 bits per heavy atom. The number of halogens is 4. The molecule has 0 fully saturated rings. The molecule has 6 rings (SSSR count). The number of aromatic nitrogens is 2. The monoisotopic (exact) mass is 511 g/mol. The predicted molar refractivity (Wildman–Crippen MR) is 129 cm³/mol. The van der Waals surface area contributed by atoms with Crippen LogP contribution in [0.4, 0.5) is 24.7 Å². The molecule has 1 aliphatic rings. The number of fused-ring (bicyclic) bond motifs is 2. The van der Waals surface area contributed by atoms with E-state index in [1.807, 2.05) is 18.2 Å². The number of alkyl halides is 3. The van der Waals surface area contributed by atoms with Gasteiger partial charge in [-0.25, -0.2) is 4.98 Å². The van der Waals surface area contributed by atoms with E-state index in [1.54, 1.807) is 40.9 Å². The summed E-state index contributed by atoms with van der Waals surface area (Å²) in [5, 5.41) is 3.85. The van der Waals surface area contributed by atoms with Crippen LogP contribution >= 0.6 is 11.6 Å². The van der Waals surface area contributed by atoms with E-state index in [-0.39, 0.29) is 5.76 Å². The summed E-state index contributed by atoms with van der Waals surface area (Å²) in [6.07, 6.45) is -2.74. The van der Waals surface area contributed by atoms with Gasteiger partial charge < -0.3 is 19.2 Å². The first kappa shape index (κ1) is 22.4. The van der Waals surface area contributed by atoms with Crippen LogP contribution in [0.3, 0.4) is 0 Å². The first-order valence-electron chi connectivity index (χ1n) is 11.0. The highest BCUT2D eigenvalue weighted by Gasteiger charge is 2.30. The van der Waals surface area contributed by atoms with E-state index in [4.69, 9.17) is 25.5 Å². The molecule has 0 saturated carbocycles. The summed E-state index contributed by atoms with van der Waals surface area (Å²) < 4.78 is 58.6. The molecule has 2 aromatic carbocycles. The van der Waals surface area contributed by atoms with Crippen LogP contribution < -0.4 is 14.8 Å². The van der Waals surface area contributed by atoms with Crippen LogP contribution in [0.5, 0.6) is 11.5 Å². The van der Waals surface area contributed by atoms with Gasteiger partial charge in [-0.15, -0.1) is 0 Å². The molecular weight excluding hydrogens is 495 g/mol. The van der Waals surface area contributed by atoms with E-state index >= 15 is 0 Å². The summed E-state index contributed by atoms with van der Waals surface area (Å²) in [6.45, 7) is 0.944. The third-order valence-electron chi connectivity index (χ3n) is 5.70. The molecule has 0 radical (unpaired) electrons. The van der Waals surface area contributed by atoms with Gasteiger partial charge in [-0.3, -0.25) is 4.40 Å². The normalized spacial score (nSPS) is 13.2. The maximum Gasteiger partial charge on any atom is 0.416 e. The Morgan fingerprint density at radius 2 is 1.69 bits per heavy atom. The highest BCUT2D eigenvalue weighted by molar-refractivity contribution is 6.30. The van der Waals surface area contributed by atoms with E-state index in [2.05, 4.69) is 10.3 Å². The molecule has 0 aliphatic carbocycles. The average molecular weight is 512 g/mol. The van der Waals surface area contributed by atoms with E-state index in [0.29, 0.717) is 63.9 Å². The van der Waals surface area contributed by atoms with Crippen molar-refractivity contribution in [3.63, 3.8) is 0 Å². The van der Waals surface area contributed by atoms with E-state index in [0.717, 1.165) is 12.1 Å². The molecule has 0 spiro atoms. The van der Waals surface area contributed by atoms with E-state index in [9.17, 15) is 13.2 Å². The van der Waals surface area contributed by atoms with Crippen molar-refractivity contribution in [1.82, 2.24) is 9.38 Å². The summed E-state index contributed by atoms with van der Waals surface area (Å²) in [7, 11) is 0. The molecule has 3 aromatic heterocycles. The Balaban J connectivity index is 1.42. The largest absolute Gasteiger partial charge is 0.486 e. The number of nitrogens with zero attached hydrogens (tertiary/aromatic N) is 2. The number of hydrogen-bond acceptors (Lipinski definition) is 5. The topological polar surface area (TPSA) is 60.9 Å². The number of pyridine rings is 1. The molecule has 6 nitrogen and oxygen atoms in total. The second-order valence-electron chi connectivity index (χ2n) is 8.11. The average Bonchev–Trinajstić information content (AvgIpc) is 3.49. The number of ether oxygens (including phenoxy) is 2. The molecule has 36 heavy (non-hydrogen) atoms. The van der Waals surface area contributed by atoms with Crippen LogP contribution in [-0.2, 0) is 6.18 Å². The number of rotatable bonds is 4. The van der Waals surface area contributed by atoms with Gasteiger partial charge in [-0.05, 0) is 48.5 Å². The van der Waals surface area contributed by atoms with Gasteiger partial charge >= 0.3 is 6.18 Å². The second kappa shape index (κ2) is 8.53. The Labute approximate surface area is 207 Å². The lowest BCUT2D eigenvalue weighted by atomic mass is 10.1. The molecule has 182 valence electrons. The fourth-order valence-corrected chi connectivity index (χ4v) is 4.20. The number of anilines is 2. The lowest BCUT2D eigenvalue weighted by Gasteiger charge is -2.19. The van der Waals surface area contributed by atoms with Crippen LogP contribution in [0.15, 0.2) is 77.3 Å². The molecule has 0 atom stereocenters. The molecule has 0 unspecified atom stereocenters. The van der Waals surface area contributed by atoms with Gasteiger partial charge in [-0.2, -0.15) is 13.2 Å². The number of imidazole rings is 1. The zero-order valence-electron chi connectivity index (χ0n) is 18.5. The Morgan fingerprint density at radius 1 is 0.889 bits per heavy atom. The van der Waals surface area contributed by atoms with E-state index in [1.165, 1.54) is 6.07 Å². The summed E-state index contributed by atoms with van der Waals surface area (Å²) in [4.78, 5) is 4.68. The predicted octanol–water partition coefficient (Wildman–Crippen LogP) is 7.45. The van der Waals surface area contributed by atoms with Gasteiger partial charge in [0.1, 0.15) is 36.1 Å². The molecule has 0 amide bonds. The van der Waals surface area contributed by atoms with Gasteiger partial charge in [0.05, 0.1) is 10.6 Å². The van der Waals surface area contributed by atoms with Crippen molar-refractivity contribution < 1.29 is 27.1 Å². The molecule has 1 aliphatic heterocycles. The number of nitrogens with one attached hydrogen (secondary N) is 1. The van der Waals surface area contributed by atoms with Gasteiger partial charge in [0.25, 0.3) is 0 Å². The van der Waals surface area contributed by atoms with Crippen molar-refractivity contribution in [2.45, 2.75) is 6.18 Å². The highest BCUT2D eigenvalue weighted by Crippen LogP contribution is 2.39. The zero-order chi connectivity index (χ0) is 24.9. The number of benzene rings is 2. The quantitative estimate of drug-likeness (QED) is 0.271. The Kier molecular flexibility index (Phi) is 5.30. The van der Waals surface area contributed by atoms with E-state index < -0.39 is 11.7 Å². The minimum Gasteiger partial charge on any atom is -0.486 e. The van der Waals surface area contributed by atoms with Gasteiger partial charge in [0.15, 0.2) is 17.3 Å². The number of hydrogen-bond donors (Lipinski definition) is 1. The van der Waals surface area contributed by atoms with Gasteiger partial charge in [0, 0.05) is 23.5 Å². The maximum absolute atomic E-state index is 13.2. The summed E-state index contributed by atoms with van der Waals surface area (Å²) in [6, 6.07) is 17.2. The minimum atomic E-state index is -4.45. The smallest absolute Gasteiger partial charge is 0.416 e. The summed E-state index contributed by atoms with van der Waals surface area (Å²) in [5.41, 5.74) is 1.34. The fraction of sp³-hybridized carbons (Fsp3) is 0.115. The third kappa shape index (κ3) is 4.11. The Hall–Kier alpha value is -4.11. The SMILES string of the molecule is FC(F)(F)c1cccc(-c2ccc(-c3nc4ccc(Cl)cn4c3Nc3ccc4c(c3)OCCO4)o2)c1. The maximum atomic E-state index is 13.2. The van der Waals surface area contributed by atoms with Crippen molar-refractivity contribution in [1.29, 1.82) is 0 Å². The van der Waals surface area contributed by atoms with Crippen LogP contribution in [0.25, 0.3) is 28.4 Å².